The van der Waals surface area contributed by atoms with Crippen molar-refractivity contribution in [3.63, 3.8) is 0 Å². The summed E-state index contributed by atoms with van der Waals surface area (Å²) in [7, 11) is 0. The van der Waals surface area contributed by atoms with E-state index in [1.165, 1.54) is 0 Å². The molecule has 32 heavy (non-hydrogen) atoms. The highest BCUT2D eigenvalue weighted by Gasteiger charge is 2.47. The first-order chi connectivity index (χ1) is 15.7. The molecule has 1 saturated heterocycles. The fraction of sp³-hybridized carbons (Fsp3) is 0.308. The molecule has 0 bridgehead atoms. The van der Waals surface area contributed by atoms with Gasteiger partial charge in [0.1, 0.15) is 24.1 Å². The van der Waals surface area contributed by atoms with Crippen LogP contribution in [0.3, 0.4) is 0 Å². The van der Waals surface area contributed by atoms with Crippen LogP contribution in [0.15, 0.2) is 91.0 Å². The van der Waals surface area contributed by atoms with Crippen LogP contribution in [0, 0.1) is 0 Å². The van der Waals surface area contributed by atoms with Crippen molar-refractivity contribution in [2.45, 2.75) is 43.9 Å². The van der Waals surface area contributed by atoms with Crippen molar-refractivity contribution in [1.29, 1.82) is 0 Å². The van der Waals surface area contributed by atoms with Crippen LogP contribution in [-0.2, 0) is 27.4 Å². The average Bonchev–Trinajstić information content (AvgIpc) is 2.83. The maximum absolute atomic E-state index is 11.1. The van der Waals surface area contributed by atoms with E-state index >= 15 is 0 Å². The van der Waals surface area contributed by atoms with Crippen LogP contribution in [0.25, 0.3) is 0 Å². The lowest BCUT2D eigenvalue weighted by Gasteiger charge is -2.42. The first kappa shape index (κ1) is 22.5. The average molecular weight is 437 g/mol. The standard InChI is InChI=1S/C26H28O6/c27-23-24(31-21-14-8-3-9-15-21)22(18-29-16-19-10-4-1-5-11-19)32-26(28)25(23)30-17-20-12-6-2-7-13-20/h1-15,22-28H,16-18H2/t22?,23?,24-,25?,26-/m0/s1. The Kier molecular flexibility index (Phi) is 7.87. The minimum absolute atomic E-state index is 0.145. The van der Waals surface area contributed by atoms with Crippen molar-refractivity contribution < 1.29 is 29.2 Å². The lowest BCUT2D eigenvalue weighted by Crippen LogP contribution is -2.61. The molecule has 0 saturated carbocycles. The van der Waals surface area contributed by atoms with Gasteiger partial charge in [0.25, 0.3) is 0 Å². The van der Waals surface area contributed by atoms with Crippen LogP contribution in [-0.4, -0.2) is 47.5 Å². The van der Waals surface area contributed by atoms with Gasteiger partial charge in [-0.25, -0.2) is 0 Å². The Morgan fingerprint density at radius 2 is 1.25 bits per heavy atom. The van der Waals surface area contributed by atoms with E-state index in [-0.39, 0.29) is 13.2 Å². The van der Waals surface area contributed by atoms with Gasteiger partial charge in [-0.3, -0.25) is 0 Å². The predicted octanol–water partition coefficient (Wildman–Crippen LogP) is 3.31. The largest absolute Gasteiger partial charge is 0.485 e. The van der Waals surface area contributed by atoms with Gasteiger partial charge < -0.3 is 29.2 Å². The topological polar surface area (TPSA) is 77.4 Å². The van der Waals surface area contributed by atoms with Crippen molar-refractivity contribution in [1.82, 2.24) is 0 Å². The summed E-state index contributed by atoms with van der Waals surface area (Å²) in [6, 6.07) is 28.5. The molecule has 3 unspecified atom stereocenters. The molecule has 5 atom stereocenters. The summed E-state index contributed by atoms with van der Waals surface area (Å²) < 4.78 is 23.5. The molecule has 1 aliphatic rings. The van der Waals surface area contributed by atoms with Gasteiger partial charge in [0.2, 0.25) is 0 Å². The molecule has 0 amide bonds. The highest BCUT2D eigenvalue weighted by atomic mass is 16.7. The molecule has 3 aromatic rings. The molecule has 1 heterocycles. The van der Waals surface area contributed by atoms with E-state index in [1.807, 2.05) is 78.9 Å². The molecule has 4 rings (SSSR count). The van der Waals surface area contributed by atoms with Crippen molar-refractivity contribution >= 4 is 0 Å². The van der Waals surface area contributed by atoms with E-state index < -0.39 is 30.7 Å². The molecular weight excluding hydrogens is 408 g/mol. The molecule has 0 spiro atoms. The molecule has 6 nitrogen and oxygen atoms in total. The third kappa shape index (κ3) is 5.94. The smallest absolute Gasteiger partial charge is 0.184 e. The minimum Gasteiger partial charge on any atom is -0.485 e. The van der Waals surface area contributed by atoms with Gasteiger partial charge in [-0.05, 0) is 23.3 Å². The van der Waals surface area contributed by atoms with Gasteiger partial charge in [0.15, 0.2) is 12.4 Å². The predicted molar refractivity (Wildman–Crippen MR) is 119 cm³/mol. The number of hydrogen-bond acceptors (Lipinski definition) is 6. The van der Waals surface area contributed by atoms with E-state index in [9.17, 15) is 10.2 Å². The van der Waals surface area contributed by atoms with Crippen LogP contribution in [0.4, 0.5) is 0 Å². The van der Waals surface area contributed by atoms with Gasteiger partial charge in [0, 0.05) is 0 Å². The highest BCUT2D eigenvalue weighted by Crippen LogP contribution is 2.27. The molecule has 6 heteroatoms. The maximum Gasteiger partial charge on any atom is 0.184 e. The fourth-order valence-corrected chi connectivity index (χ4v) is 3.66. The monoisotopic (exact) mass is 436 g/mol. The summed E-state index contributed by atoms with van der Waals surface area (Å²) in [4.78, 5) is 0. The first-order valence-corrected chi connectivity index (χ1v) is 10.7. The molecule has 0 aliphatic carbocycles. The summed E-state index contributed by atoms with van der Waals surface area (Å²) in [5, 5.41) is 21.6. The number of aliphatic hydroxyl groups excluding tert-OH is 2. The number of rotatable bonds is 9. The van der Waals surface area contributed by atoms with E-state index in [0.717, 1.165) is 11.1 Å². The van der Waals surface area contributed by atoms with Gasteiger partial charge in [-0.15, -0.1) is 0 Å². The van der Waals surface area contributed by atoms with Crippen LogP contribution in [0.5, 0.6) is 5.75 Å². The van der Waals surface area contributed by atoms with Crippen molar-refractivity contribution in [3.8, 4) is 5.75 Å². The molecule has 2 N–H and O–H groups in total. The third-order valence-corrected chi connectivity index (χ3v) is 5.33. The van der Waals surface area contributed by atoms with E-state index in [1.54, 1.807) is 12.1 Å². The number of benzene rings is 3. The summed E-state index contributed by atoms with van der Waals surface area (Å²) in [5.41, 5.74) is 1.95. The fourth-order valence-electron chi connectivity index (χ4n) is 3.66. The summed E-state index contributed by atoms with van der Waals surface area (Å²) >= 11 is 0. The molecular formula is C26H28O6. The second kappa shape index (κ2) is 11.2. The molecule has 0 aromatic heterocycles. The Balaban J connectivity index is 1.44. The second-order valence-corrected chi connectivity index (χ2v) is 7.71. The Labute approximate surface area is 188 Å². The van der Waals surface area contributed by atoms with E-state index in [0.29, 0.717) is 12.4 Å². The van der Waals surface area contributed by atoms with E-state index in [2.05, 4.69) is 0 Å². The van der Waals surface area contributed by atoms with Gasteiger partial charge >= 0.3 is 0 Å². The Bertz CT molecular complexity index is 919. The molecule has 3 aromatic carbocycles. The Morgan fingerprint density at radius 1 is 0.688 bits per heavy atom. The quantitative estimate of drug-likeness (QED) is 0.536. The molecule has 168 valence electrons. The normalized spacial score (nSPS) is 25.4. The number of hydrogen-bond donors (Lipinski definition) is 2. The van der Waals surface area contributed by atoms with Crippen molar-refractivity contribution in [2.75, 3.05) is 6.61 Å². The highest BCUT2D eigenvalue weighted by molar-refractivity contribution is 5.22. The zero-order valence-electron chi connectivity index (χ0n) is 17.7. The zero-order chi connectivity index (χ0) is 22.2. The third-order valence-electron chi connectivity index (χ3n) is 5.33. The lowest BCUT2D eigenvalue weighted by molar-refractivity contribution is -0.296. The lowest BCUT2D eigenvalue weighted by atomic mass is 9.98. The number of aliphatic hydroxyl groups is 2. The summed E-state index contributed by atoms with van der Waals surface area (Å²) in [6.07, 6.45) is -4.85. The second-order valence-electron chi connectivity index (χ2n) is 7.71. The van der Waals surface area contributed by atoms with Crippen LogP contribution < -0.4 is 4.74 Å². The Hall–Kier alpha value is -2.74. The minimum atomic E-state index is -1.31. The van der Waals surface area contributed by atoms with Gasteiger partial charge in [-0.1, -0.05) is 78.9 Å². The van der Waals surface area contributed by atoms with Crippen molar-refractivity contribution in [2.24, 2.45) is 0 Å². The summed E-state index contributed by atoms with van der Waals surface area (Å²) in [5.74, 6) is 0.589. The van der Waals surface area contributed by atoms with Crippen LogP contribution in [0.2, 0.25) is 0 Å². The van der Waals surface area contributed by atoms with Gasteiger partial charge in [-0.2, -0.15) is 0 Å². The molecule has 1 fully saturated rings. The van der Waals surface area contributed by atoms with E-state index in [4.69, 9.17) is 18.9 Å². The molecule has 0 radical (unpaired) electrons. The summed E-state index contributed by atoms with van der Waals surface area (Å²) in [6.45, 7) is 0.765. The van der Waals surface area contributed by atoms with Crippen LogP contribution in [0.1, 0.15) is 11.1 Å². The zero-order valence-corrected chi connectivity index (χ0v) is 17.7. The van der Waals surface area contributed by atoms with Crippen LogP contribution >= 0.6 is 0 Å². The maximum atomic E-state index is 11.1. The number of para-hydroxylation sites is 1. The van der Waals surface area contributed by atoms with Gasteiger partial charge in [0.05, 0.1) is 19.8 Å². The SMILES string of the molecule is OC1C(OCc2ccccc2)[C@@H](O)OC(COCc2ccccc2)[C@@H]1Oc1ccccc1. The first-order valence-electron chi connectivity index (χ1n) is 10.7. The number of ether oxygens (including phenoxy) is 4. The van der Waals surface area contributed by atoms with Crippen molar-refractivity contribution in [3.05, 3.63) is 102 Å². The molecule has 1 aliphatic heterocycles. The Morgan fingerprint density at radius 3 is 1.88 bits per heavy atom.